The molecule has 1 radical (unpaired) electrons. The van der Waals surface area contributed by atoms with E-state index in [0.717, 1.165) is 49.8 Å². The lowest BCUT2D eigenvalue weighted by atomic mass is 10.1. The van der Waals surface area contributed by atoms with Gasteiger partial charge in [-0.1, -0.05) is 0 Å². The van der Waals surface area contributed by atoms with Crippen LogP contribution in [0.1, 0.15) is 18.4 Å². The molecule has 111 valence electrons. The van der Waals surface area contributed by atoms with Crippen molar-refractivity contribution in [2.75, 3.05) is 19.6 Å². The zero-order chi connectivity index (χ0) is 14.8. The second kappa shape index (κ2) is 6.28. The minimum Gasteiger partial charge on any atom is -0.322 e. The molecule has 1 aromatic heterocycles. The van der Waals surface area contributed by atoms with Crippen LogP contribution in [0, 0.1) is 12.2 Å². The Morgan fingerprint density at radius 3 is 2.76 bits per heavy atom. The summed E-state index contributed by atoms with van der Waals surface area (Å²) < 4.78 is 14.0. The number of hydrogen-bond acceptors (Lipinski definition) is 2. The molecule has 2 heterocycles. The van der Waals surface area contributed by atoms with Gasteiger partial charge >= 0.3 is 0 Å². The molecule has 0 bridgehead atoms. The Balaban J connectivity index is 1.85. The molecule has 2 aromatic rings. The van der Waals surface area contributed by atoms with Crippen LogP contribution in [-0.2, 0) is 6.42 Å². The summed E-state index contributed by atoms with van der Waals surface area (Å²) in [7, 11) is 0. The van der Waals surface area contributed by atoms with Gasteiger partial charge in [-0.15, -0.1) is 0 Å². The maximum Gasteiger partial charge on any atom is 0.251 e. The number of piperidine rings is 1. The Hall–Kier alpha value is -1.20. The Labute approximate surface area is 131 Å². The molecule has 0 spiro atoms. The molecular formula is C16H17BrFN2O. The van der Waals surface area contributed by atoms with Crippen molar-refractivity contribution in [3.8, 4) is 0 Å². The summed E-state index contributed by atoms with van der Waals surface area (Å²) >= 11 is 3.36. The topological polar surface area (TPSA) is 36.1 Å². The summed E-state index contributed by atoms with van der Waals surface area (Å²) in [6, 6.07) is 4.64. The molecule has 1 aliphatic heterocycles. The van der Waals surface area contributed by atoms with E-state index < -0.39 is 0 Å². The lowest BCUT2D eigenvalue weighted by Crippen LogP contribution is -2.32. The number of rotatable bonds is 3. The maximum atomic E-state index is 13.4. The van der Waals surface area contributed by atoms with Gasteiger partial charge in [0.2, 0.25) is 0 Å². The Bertz CT molecular complexity index is 707. The number of nitrogens with one attached hydrogen (secondary N) is 1. The summed E-state index contributed by atoms with van der Waals surface area (Å²) in [6.07, 6.45) is 5.28. The number of hydrogen-bond donors (Lipinski definition) is 1. The van der Waals surface area contributed by atoms with Crippen LogP contribution >= 0.6 is 15.9 Å². The van der Waals surface area contributed by atoms with Gasteiger partial charge in [0.25, 0.3) is 5.56 Å². The molecule has 0 aliphatic carbocycles. The molecule has 1 aromatic carbocycles. The molecule has 5 heteroatoms. The van der Waals surface area contributed by atoms with Crippen molar-refractivity contribution < 1.29 is 4.39 Å². The Kier molecular flexibility index (Phi) is 4.40. The smallest absolute Gasteiger partial charge is 0.251 e. The quantitative estimate of drug-likeness (QED) is 0.921. The summed E-state index contributed by atoms with van der Waals surface area (Å²) in [5.41, 5.74) is 1.16. The van der Waals surface area contributed by atoms with Crippen molar-refractivity contribution in [3.63, 3.8) is 0 Å². The standard InChI is InChI=1S/C16H17BrFN2O/c17-14-9-12(18)10-15-13(14)8-11(16(21)19-15)4-7-20-5-2-1-3-6-20/h1,8-10H,2-7H2,(H,19,21). The highest BCUT2D eigenvalue weighted by molar-refractivity contribution is 9.10. The number of aromatic nitrogens is 1. The first kappa shape index (κ1) is 14.7. The monoisotopic (exact) mass is 351 g/mol. The second-order valence-electron chi connectivity index (χ2n) is 5.43. The highest BCUT2D eigenvalue weighted by Crippen LogP contribution is 2.24. The van der Waals surface area contributed by atoms with Crippen LogP contribution in [0.3, 0.4) is 0 Å². The van der Waals surface area contributed by atoms with Crippen molar-refractivity contribution in [2.45, 2.75) is 19.3 Å². The first-order valence-electron chi connectivity index (χ1n) is 7.18. The number of benzene rings is 1. The first-order chi connectivity index (χ1) is 10.1. The van der Waals surface area contributed by atoms with E-state index in [1.54, 1.807) is 0 Å². The summed E-state index contributed by atoms with van der Waals surface area (Å²) in [4.78, 5) is 17.3. The van der Waals surface area contributed by atoms with Crippen LogP contribution in [0.25, 0.3) is 10.9 Å². The highest BCUT2D eigenvalue weighted by atomic mass is 79.9. The summed E-state index contributed by atoms with van der Waals surface area (Å²) in [5, 5.41) is 0.845. The minimum atomic E-state index is -0.359. The molecule has 0 atom stereocenters. The average Bonchev–Trinajstić information content (AvgIpc) is 2.46. The van der Waals surface area contributed by atoms with Crippen LogP contribution in [0.4, 0.5) is 4.39 Å². The van der Waals surface area contributed by atoms with E-state index in [0.29, 0.717) is 9.99 Å². The third-order valence-electron chi connectivity index (χ3n) is 3.95. The zero-order valence-electron chi connectivity index (χ0n) is 11.7. The average molecular weight is 352 g/mol. The fourth-order valence-corrected chi connectivity index (χ4v) is 3.32. The Morgan fingerprint density at radius 1 is 1.24 bits per heavy atom. The normalized spacial score (nSPS) is 16.5. The molecule has 1 fully saturated rings. The highest BCUT2D eigenvalue weighted by Gasteiger charge is 2.12. The van der Waals surface area contributed by atoms with E-state index in [1.165, 1.54) is 12.1 Å². The third-order valence-corrected chi connectivity index (χ3v) is 4.61. The van der Waals surface area contributed by atoms with Crippen molar-refractivity contribution in [1.29, 1.82) is 0 Å². The van der Waals surface area contributed by atoms with Crippen LogP contribution in [0.15, 0.2) is 27.5 Å². The number of halogens is 2. The van der Waals surface area contributed by atoms with E-state index in [4.69, 9.17) is 0 Å². The molecule has 0 amide bonds. The fraction of sp³-hybridized carbons (Fsp3) is 0.375. The van der Waals surface area contributed by atoms with E-state index in [9.17, 15) is 9.18 Å². The second-order valence-corrected chi connectivity index (χ2v) is 6.28. The molecular weight excluding hydrogens is 335 g/mol. The molecule has 21 heavy (non-hydrogen) atoms. The maximum absolute atomic E-state index is 13.4. The molecule has 1 N–H and O–H groups in total. The van der Waals surface area contributed by atoms with Gasteiger partial charge in [-0.2, -0.15) is 0 Å². The van der Waals surface area contributed by atoms with Gasteiger partial charge in [0.1, 0.15) is 5.82 Å². The van der Waals surface area contributed by atoms with E-state index in [-0.39, 0.29) is 11.4 Å². The predicted molar refractivity (Wildman–Crippen MR) is 85.9 cm³/mol. The SMILES string of the molecule is O=c1[nH]c2cc(F)cc(Br)c2cc1CCN1CC[CH]CC1. The molecule has 0 unspecified atom stereocenters. The number of nitrogens with zero attached hydrogens (tertiary/aromatic N) is 1. The lowest BCUT2D eigenvalue weighted by molar-refractivity contribution is 0.257. The van der Waals surface area contributed by atoms with Crippen LogP contribution in [0.5, 0.6) is 0 Å². The molecule has 3 nitrogen and oxygen atoms in total. The van der Waals surface area contributed by atoms with E-state index >= 15 is 0 Å². The zero-order valence-corrected chi connectivity index (χ0v) is 13.2. The fourth-order valence-electron chi connectivity index (χ4n) is 2.77. The van der Waals surface area contributed by atoms with Gasteiger partial charge in [0, 0.05) is 22.0 Å². The van der Waals surface area contributed by atoms with Gasteiger partial charge in [-0.25, -0.2) is 4.39 Å². The number of pyridine rings is 1. The van der Waals surface area contributed by atoms with Gasteiger partial charge in [-0.05, 0) is 72.9 Å². The van der Waals surface area contributed by atoms with Gasteiger partial charge < -0.3 is 9.88 Å². The molecule has 0 saturated carbocycles. The molecule has 1 saturated heterocycles. The first-order valence-corrected chi connectivity index (χ1v) is 7.98. The van der Waals surface area contributed by atoms with Crippen LogP contribution < -0.4 is 5.56 Å². The van der Waals surface area contributed by atoms with Gasteiger partial charge in [0.05, 0.1) is 5.52 Å². The number of likely N-dealkylation sites (tertiary alicyclic amines) is 1. The van der Waals surface area contributed by atoms with Crippen molar-refractivity contribution in [1.82, 2.24) is 9.88 Å². The number of aromatic amines is 1. The molecule has 3 rings (SSSR count). The van der Waals surface area contributed by atoms with Crippen LogP contribution in [-0.4, -0.2) is 29.5 Å². The van der Waals surface area contributed by atoms with Crippen LogP contribution in [0.2, 0.25) is 0 Å². The molecule has 1 aliphatic rings. The van der Waals surface area contributed by atoms with E-state index in [1.807, 2.05) is 6.07 Å². The summed E-state index contributed by atoms with van der Waals surface area (Å²) in [5.74, 6) is -0.359. The Morgan fingerprint density at radius 2 is 2.00 bits per heavy atom. The predicted octanol–water partition coefficient (Wildman–Crippen LogP) is 3.27. The van der Waals surface area contributed by atoms with Crippen molar-refractivity contribution in [3.05, 3.63) is 50.8 Å². The van der Waals surface area contributed by atoms with E-state index in [2.05, 4.69) is 32.2 Å². The number of fused-ring (bicyclic) bond motifs is 1. The minimum absolute atomic E-state index is 0.122. The van der Waals surface area contributed by atoms with Gasteiger partial charge in [-0.3, -0.25) is 4.79 Å². The lowest BCUT2D eigenvalue weighted by Gasteiger charge is -2.26. The largest absolute Gasteiger partial charge is 0.322 e. The summed E-state index contributed by atoms with van der Waals surface area (Å²) in [6.45, 7) is 3.03. The number of H-pyrrole nitrogens is 1. The van der Waals surface area contributed by atoms with Gasteiger partial charge in [0.15, 0.2) is 0 Å². The van der Waals surface area contributed by atoms with Crippen molar-refractivity contribution >= 4 is 26.8 Å². The third kappa shape index (κ3) is 3.35. The van der Waals surface area contributed by atoms with Crippen molar-refractivity contribution in [2.24, 2.45) is 0 Å².